The zero-order valence-electron chi connectivity index (χ0n) is 17.6. The lowest BCUT2D eigenvalue weighted by Crippen LogP contribution is -2.33. The van der Waals surface area contributed by atoms with E-state index in [1.165, 1.54) is 0 Å². The highest BCUT2D eigenvalue weighted by Gasteiger charge is 2.41. The summed E-state index contributed by atoms with van der Waals surface area (Å²) in [5.74, 6) is -3.17. The van der Waals surface area contributed by atoms with Gasteiger partial charge in [0.1, 0.15) is 17.3 Å². The first-order valence-corrected chi connectivity index (χ1v) is 10.2. The van der Waals surface area contributed by atoms with Crippen molar-refractivity contribution in [2.45, 2.75) is 20.8 Å². The number of carbonyl (C=O) groups excluding carboxylic acids is 2. The molecule has 0 aromatic heterocycles. The van der Waals surface area contributed by atoms with Crippen molar-refractivity contribution < 1.29 is 18.4 Å². The fraction of sp³-hybridized carbons (Fsp3) is 0.120. The topological polar surface area (TPSA) is 49.4 Å². The van der Waals surface area contributed by atoms with E-state index in [2.05, 4.69) is 5.32 Å². The molecule has 0 atom stereocenters. The van der Waals surface area contributed by atoms with Crippen LogP contribution in [-0.2, 0) is 9.59 Å². The zero-order valence-corrected chi connectivity index (χ0v) is 18.3. The fourth-order valence-electron chi connectivity index (χ4n) is 3.55. The number of nitrogens with one attached hydrogen (secondary N) is 1. The number of halogens is 3. The van der Waals surface area contributed by atoms with Gasteiger partial charge in [-0.25, -0.2) is 13.7 Å². The Bertz CT molecular complexity index is 1320. The number of anilines is 2. The van der Waals surface area contributed by atoms with Crippen LogP contribution >= 0.6 is 11.6 Å². The molecule has 1 heterocycles. The van der Waals surface area contributed by atoms with Crippen LogP contribution in [-0.4, -0.2) is 11.8 Å². The number of carbonyl (C=O) groups is 2. The second kappa shape index (κ2) is 8.20. The Balaban J connectivity index is 1.90. The van der Waals surface area contributed by atoms with Gasteiger partial charge in [0.2, 0.25) is 0 Å². The van der Waals surface area contributed by atoms with Gasteiger partial charge in [-0.2, -0.15) is 0 Å². The molecule has 7 heteroatoms. The van der Waals surface area contributed by atoms with E-state index in [0.717, 1.165) is 34.9 Å². The van der Waals surface area contributed by atoms with Crippen LogP contribution in [0.15, 0.2) is 60.3 Å². The van der Waals surface area contributed by atoms with Gasteiger partial charge in [-0.05, 0) is 67.3 Å². The summed E-state index contributed by atoms with van der Waals surface area (Å²) in [5.41, 5.74) is 3.33. The first-order valence-electron chi connectivity index (χ1n) is 9.86. The highest BCUT2D eigenvalue weighted by molar-refractivity contribution is 6.46. The van der Waals surface area contributed by atoms with Gasteiger partial charge in [-0.1, -0.05) is 35.9 Å². The molecule has 3 aromatic rings. The van der Waals surface area contributed by atoms with Gasteiger partial charge in [0.05, 0.1) is 11.3 Å². The van der Waals surface area contributed by atoms with Crippen molar-refractivity contribution in [3.63, 3.8) is 0 Å². The molecule has 0 fully saturated rings. The maximum atomic E-state index is 14.5. The summed E-state index contributed by atoms with van der Waals surface area (Å²) < 4.78 is 28.4. The van der Waals surface area contributed by atoms with Crippen LogP contribution in [0, 0.1) is 32.4 Å². The molecule has 1 aliphatic heterocycles. The van der Waals surface area contributed by atoms with E-state index in [4.69, 9.17) is 11.6 Å². The molecular weight excluding hydrogens is 434 g/mol. The first kappa shape index (κ1) is 21.7. The van der Waals surface area contributed by atoms with Crippen LogP contribution in [0.4, 0.5) is 20.2 Å². The summed E-state index contributed by atoms with van der Waals surface area (Å²) in [7, 11) is 0. The first-order chi connectivity index (χ1) is 15.2. The van der Waals surface area contributed by atoms with Crippen molar-refractivity contribution in [1.82, 2.24) is 0 Å². The standard InChI is InChI=1S/C25H19ClF2N2O2/c1-13-4-6-16(10-15(13)3)22-23(29-20-11-17(26)7-5-14(20)2)25(32)30(24(22)31)21-12-18(27)8-9-19(21)28/h4-12,29H,1-3H3. The van der Waals surface area contributed by atoms with E-state index >= 15 is 0 Å². The van der Waals surface area contributed by atoms with Crippen molar-refractivity contribution in [3.8, 4) is 0 Å². The van der Waals surface area contributed by atoms with Crippen LogP contribution < -0.4 is 10.2 Å². The average molecular weight is 453 g/mol. The van der Waals surface area contributed by atoms with Crippen molar-refractivity contribution in [2.75, 3.05) is 10.2 Å². The summed E-state index contributed by atoms with van der Waals surface area (Å²) in [5, 5.41) is 3.45. The molecule has 1 N–H and O–H groups in total. The highest BCUT2D eigenvalue weighted by atomic mass is 35.5. The predicted molar refractivity (Wildman–Crippen MR) is 121 cm³/mol. The normalized spacial score (nSPS) is 13.9. The molecule has 2 amide bonds. The number of rotatable bonds is 4. The van der Waals surface area contributed by atoms with Crippen molar-refractivity contribution >= 4 is 40.4 Å². The SMILES string of the molecule is Cc1ccc(C2=C(Nc3cc(Cl)ccc3C)C(=O)N(c3cc(F)ccc3F)C2=O)cc1C. The summed E-state index contributed by atoms with van der Waals surface area (Å²) in [6, 6.07) is 13.1. The third-order valence-corrected chi connectivity index (χ3v) is 5.72. The molecule has 0 saturated carbocycles. The molecule has 0 saturated heterocycles. The van der Waals surface area contributed by atoms with Gasteiger partial charge >= 0.3 is 0 Å². The van der Waals surface area contributed by atoms with Crippen LogP contribution in [0.3, 0.4) is 0 Å². The van der Waals surface area contributed by atoms with Gasteiger partial charge in [0, 0.05) is 16.8 Å². The van der Waals surface area contributed by atoms with E-state index in [-0.39, 0.29) is 11.3 Å². The summed E-state index contributed by atoms with van der Waals surface area (Å²) in [6.07, 6.45) is 0. The molecular formula is C25H19ClF2N2O2. The summed E-state index contributed by atoms with van der Waals surface area (Å²) >= 11 is 6.11. The Hall–Kier alpha value is -3.51. The Morgan fingerprint density at radius 1 is 0.812 bits per heavy atom. The van der Waals surface area contributed by atoms with Crippen LogP contribution in [0.1, 0.15) is 22.3 Å². The number of benzene rings is 3. The van der Waals surface area contributed by atoms with Gasteiger partial charge in [0.25, 0.3) is 11.8 Å². The fourth-order valence-corrected chi connectivity index (χ4v) is 3.72. The van der Waals surface area contributed by atoms with Gasteiger partial charge in [-0.3, -0.25) is 9.59 Å². The third-order valence-electron chi connectivity index (χ3n) is 5.49. The molecule has 0 bridgehead atoms. The molecule has 32 heavy (non-hydrogen) atoms. The Kier molecular flexibility index (Phi) is 5.57. The summed E-state index contributed by atoms with van der Waals surface area (Å²) in [6.45, 7) is 5.64. The van der Waals surface area contributed by atoms with Crippen molar-refractivity contribution in [3.05, 3.63) is 99.2 Å². The Morgan fingerprint density at radius 3 is 2.25 bits per heavy atom. The minimum atomic E-state index is -0.882. The zero-order chi connectivity index (χ0) is 23.2. The van der Waals surface area contributed by atoms with E-state index in [1.54, 1.807) is 30.3 Å². The summed E-state index contributed by atoms with van der Waals surface area (Å²) in [4.78, 5) is 27.5. The predicted octanol–water partition coefficient (Wildman–Crippen LogP) is 5.94. The van der Waals surface area contributed by atoms with E-state index in [1.807, 2.05) is 26.8 Å². The van der Waals surface area contributed by atoms with Gasteiger partial charge < -0.3 is 5.32 Å². The molecule has 4 nitrogen and oxygen atoms in total. The number of amides is 2. The van der Waals surface area contributed by atoms with Gasteiger partial charge in [0.15, 0.2) is 0 Å². The molecule has 162 valence electrons. The number of aryl methyl sites for hydroxylation is 3. The number of hydrogen-bond donors (Lipinski definition) is 1. The molecule has 0 unspecified atom stereocenters. The number of nitrogens with zero attached hydrogens (tertiary/aromatic N) is 1. The smallest absolute Gasteiger partial charge is 0.282 e. The van der Waals surface area contributed by atoms with Crippen molar-refractivity contribution in [1.29, 1.82) is 0 Å². The molecule has 1 aliphatic rings. The van der Waals surface area contributed by atoms with E-state index in [9.17, 15) is 18.4 Å². The second-order valence-corrected chi connectivity index (χ2v) is 8.11. The van der Waals surface area contributed by atoms with Crippen LogP contribution in [0.2, 0.25) is 5.02 Å². The maximum Gasteiger partial charge on any atom is 0.282 e. The molecule has 3 aromatic carbocycles. The lowest BCUT2D eigenvalue weighted by Gasteiger charge is -2.16. The second-order valence-electron chi connectivity index (χ2n) is 7.67. The minimum Gasteiger partial charge on any atom is -0.350 e. The van der Waals surface area contributed by atoms with Crippen LogP contribution in [0.5, 0.6) is 0 Å². The third kappa shape index (κ3) is 3.78. The number of imide groups is 1. The largest absolute Gasteiger partial charge is 0.350 e. The minimum absolute atomic E-state index is 0.0349. The maximum absolute atomic E-state index is 14.5. The van der Waals surface area contributed by atoms with E-state index in [0.29, 0.717) is 21.2 Å². The Morgan fingerprint density at radius 2 is 1.53 bits per heavy atom. The molecule has 0 radical (unpaired) electrons. The Labute approximate surface area is 189 Å². The number of hydrogen-bond acceptors (Lipinski definition) is 3. The molecule has 0 aliphatic carbocycles. The van der Waals surface area contributed by atoms with E-state index < -0.39 is 29.1 Å². The highest BCUT2D eigenvalue weighted by Crippen LogP contribution is 2.36. The average Bonchev–Trinajstić information content (AvgIpc) is 2.98. The monoisotopic (exact) mass is 452 g/mol. The van der Waals surface area contributed by atoms with Crippen LogP contribution in [0.25, 0.3) is 5.57 Å². The quantitative estimate of drug-likeness (QED) is 0.498. The molecule has 0 spiro atoms. The lowest BCUT2D eigenvalue weighted by molar-refractivity contribution is -0.120. The molecule has 4 rings (SSSR count). The van der Waals surface area contributed by atoms with Gasteiger partial charge in [-0.15, -0.1) is 0 Å². The lowest BCUT2D eigenvalue weighted by atomic mass is 9.99. The van der Waals surface area contributed by atoms with Crippen molar-refractivity contribution in [2.24, 2.45) is 0 Å².